The van der Waals surface area contributed by atoms with E-state index in [1.54, 1.807) is 0 Å². The van der Waals surface area contributed by atoms with Crippen LogP contribution in [0.4, 0.5) is 0 Å². The molecule has 0 fully saturated rings. The van der Waals surface area contributed by atoms with Gasteiger partial charge in [0, 0.05) is 22.7 Å². The maximum Gasteiger partial charge on any atom is 0.179 e. The Hall–Kier alpha value is -5.51. The predicted molar refractivity (Wildman–Crippen MR) is 188 cm³/mol. The number of rotatable bonds is 6. The Balaban J connectivity index is 1.48. The van der Waals surface area contributed by atoms with Gasteiger partial charge in [0.25, 0.3) is 0 Å². The molecule has 0 aliphatic rings. The SMILES string of the molecule is c1ccc(-c2cccc([Si](c3ccccc3)(c3ccccc3)c3ccc4c(c3)c3ccncc3n4-c3ccccc3)c2)cc1. The summed E-state index contributed by atoms with van der Waals surface area (Å²) in [7, 11) is -2.76. The molecule has 208 valence electrons. The lowest BCUT2D eigenvalue weighted by Crippen LogP contribution is -2.74. The first-order valence-corrected chi connectivity index (χ1v) is 17.1. The Kier molecular flexibility index (Phi) is 6.51. The molecule has 2 aromatic heterocycles. The van der Waals surface area contributed by atoms with E-state index in [1.165, 1.54) is 48.2 Å². The minimum atomic E-state index is -2.76. The number of hydrogen-bond acceptors (Lipinski definition) is 1. The van der Waals surface area contributed by atoms with Crippen molar-refractivity contribution in [3.63, 3.8) is 0 Å². The summed E-state index contributed by atoms with van der Waals surface area (Å²) in [5, 5.41) is 7.91. The molecule has 2 heterocycles. The third kappa shape index (κ3) is 4.21. The normalized spacial score (nSPS) is 11.6. The third-order valence-corrected chi connectivity index (χ3v) is 13.6. The van der Waals surface area contributed by atoms with Gasteiger partial charge in [0.05, 0.1) is 17.2 Å². The van der Waals surface area contributed by atoms with Crippen LogP contribution in [-0.4, -0.2) is 17.6 Å². The van der Waals surface area contributed by atoms with Gasteiger partial charge in [-0.15, -0.1) is 0 Å². The van der Waals surface area contributed by atoms with Gasteiger partial charge in [-0.05, 0) is 56.1 Å². The van der Waals surface area contributed by atoms with Crippen molar-refractivity contribution >= 4 is 50.6 Å². The first kappa shape index (κ1) is 26.1. The number of aromatic nitrogens is 2. The number of hydrogen-bond donors (Lipinski definition) is 0. The molecule has 0 atom stereocenters. The molecule has 0 radical (unpaired) electrons. The van der Waals surface area contributed by atoms with E-state index in [1.807, 2.05) is 12.4 Å². The highest BCUT2D eigenvalue weighted by atomic mass is 28.3. The van der Waals surface area contributed by atoms with Crippen LogP contribution in [0.5, 0.6) is 0 Å². The molecule has 0 amide bonds. The molecular formula is C41H30N2Si. The second-order valence-electron chi connectivity index (χ2n) is 11.2. The number of benzene rings is 6. The quantitative estimate of drug-likeness (QED) is 0.150. The van der Waals surface area contributed by atoms with Crippen molar-refractivity contribution in [2.75, 3.05) is 0 Å². The van der Waals surface area contributed by atoms with Crippen molar-refractivity contribution in [3.05, 3.63) is 182 Å². The molecule has 8 rings (SSSR count). The van der Waals surface area contributed by atoms with Crippen LogP contribution in [0.15, 0.2) is 182 Å². The summed E-state index contributed by atoms with van der Waals surface area (Å²) in [6.07, 6.45) is 3.90. The van der Waals surface area contributed by atoms with E-state index in [-0.39, 0.29) is 0 Å². The molecular weight excluding hydrogens is 549 g/mol. The van der Waals surface area contributed by atoms with Gasteiger partial charge in [-0.1, -0.05) is 146 Å². The number of para-hydroxylation sites is 1. The fraction of sp³-hybridized carbons (Fsp3) is 0. The molecule has 0 saturated carbocycles. The van der Waals surface area contributed by atoms with Gasteiger partial charge in [0.2, 0.25) is 0 Å². The molecule has 8 aromatic rings. The Morgan fingerprint density at radius 3 is 1.66 bits per heavy atom. The molecule has 0 aliphatic carbocycles. The van der Waals surface area contributed by atoms with Crippen LogP contribution in [0.25, 0.3) is 38.6 Å². The largest absolute Gasteiger partial charge is 0.308 e. The van der Waals surface area contributed by atoms with E-state index in [4.69, 9.17) is 0 Å². The van der Waals surface area contributed by atoms with Crippen molar-refractivity contribution in [1.29, 1.82) is 0 Å². The Morgan fingerprint density at radius 1 is 0.409 bits per heavy atom. The molecule has 44 heavy (non-hydrogen) atoms. The molecule has 0 aliphatic heterocycles. The summed E-state index contributed by atoms with van der Waals surface area (Å²) in [5.41, 5.74) is 5.90. The summed E-state index contributed by atoms with van der Waals surface area (Å²) < 4.78 is 2.34. The molecule has 0 bridgehead atoms. The summed E-state index contributed by atoms with van der Waals surface area (Å²) >= 11 is 0. The van der Waals surface area contributed by atoms with Crippen molar-refractivity contribution in [2.45, 2.75) is 0 Å². The Morgan fingerprint density at radius 2 is 0.977 bits per heavy atom. The van der Waals surface area contributed by atoms with Crippen molar-refractivity contribution in [3.8, 4) is 16.8 Å². The smallest absolute Gasteiger partial charge is 0.179 e. The van der Waals surface area contributed by atoms with Crippen molar-refractivity contribution in [1.82, 2.24) is 9.55 Å². The fourth-order valence-corrected chi connectivity index (χ4v) is 11.7. The highest BCUT2D eigenvalue weighted by Crippen LogP contribution is 2.31. The maximum atomic E-state index is 4.53. The van der Waals surface area contributed by atoms with E-state index in [0.29, 0.717) is 0 Å². The van der Waals surface area contributed by atoms with Crippen LogP contribution in [0.2, 0.25) is 0 Å². The molecule has 0 unspecified atom stereocenters. The number of nitrogens with zero attached hydrogens (tertiary/aromatic N) is 2. The van der Waals surface area contributed by atoms with E-state index in [9.17, 15) is 0 Å². The van der Waals surface area contributed by atoms with Gasteiger partial charge in [0.1, 0.15) is 0 Å². The average molecular weight is 579 g/mol. The minimum absolute atomic E-state index is 1.11. The topological polar surface area (TPSA) is 17.8 Å². The standard InChI is InChI=1S/C41H30N2Si/c1-5-14-31(15-6-1)32-16-13-23-36(28-32)44(34-19-9-3-10-20-34,35-21-11-4-12-22-35)37-24-25-40-39(29-37)38-26-27-42-30-41(38)43(40)33-17-7-2-8-18-33/h1-30H. The predicted octanol–water partition coefficient (Wildman–Crippen LogP) is 7.22. The van der Waals surface area contributed by atoms with E-state index >= 15 is 0 Å². The lowest BCUT2D eigenvalue weighted by molar-refractivity contribution is 1.17. The second kappa shape index (κ2) is 11.0. The van der Waals surface area contributed by atoms with Crippen LogP contribution in [-0.2, 0) is 0 Å². The summed E-state index contributed by atoms with van der Waals surface area (Å²) in [6.45, 7) is 0. The van der Waals surface area contributed by atoms with Crippen molar-refractivity contribution in [2.24, 2.45) is 0 Å². The van der Waals surface area contributed by atoms with Crippen LogP contribution in [0, 0.1) is 0 Å². The first-order valence-electron chi connectivity index (χ1n) is 15.1. The highest BCUT2D eigenvalue weighted by Gasteiger charge is 2.41. The van der Waals surface area contributed by atoms with Crippen LogP contribution in [0.1, 0.15) is 0 Å². The summed E-state index contributed by atoms with van der Waals surface area (Å²) in [5.74, 6) is 0. The first-order chi connectivity index (χ1) is 21.8. The second-order valence-corrected chi connectivity index (χ2v) is 15.0. The summed E-state index contributed by atoms with van der Waals surface area (Å²) in [4.78, 5) is 4.53. The van der Waals surface area contributed by atoms with Gasteiger partial charge in [-0.2, -0.15) is 0 Å². The van der Waals surface area contributed by atoms with Crippen LogP contribution < -0.4 is 20.7 Å². The highest BCUT2D eigenvalue weighted by molar-refractivity contribution is 7.20. The molecule has 0 saturated heterocycles. The van der Waals surface area contributed by atoms with E-state index in [0.717, 1.165) is 11.2 Å². The molecule has 6 aromatic carbocycles. The van der Waals surface area contributed by atoms with E-state index in [2.05, 4.69) is 179 Å². The third-order valence-electron chi connectivity index (χ3n) is 8.83. The lowest BCUT2D eigenvalue weighted by atomic mass is 10.1. The average Bonchev–Trinajstić information content (AvgIpc) is 3.44. The van der Waals surface area contributed by atoms with Gasteiger partial charge < -0.3 is 4.57 Å². The zero-order valence-electron chi connectivity index (χ0n) is 24.2. The Bertz CT molecular complexity index is 2170. The number of pyridine rings is 1. The monoisotopic (exact) mass is 578 g/mol. The molecule has 0 N–H and O–H groups in total. The zero-order valence-corrected chi connectivity index (χ0v) is 25.2. The lowest BCUT2D eigenvalue weighted by Gasteiger charge is -2.35. The molecule has 2 nitrogen and oxygen atoms in total. The Labute approximate surface area is 258 Å². The molecule has 0 spiro atoms. The van der Waals surface area contributed by atoms with Gasteiger partial charge in [-0.3, -0.25) is 4.98 Å². The zero-order chi connectivity index (χ0) is 29.3. The van der Waals surface area contributed by atoms with Gasteiger partial charge in [0.15, 0.2) is 8.07 Å². The van der Waals surface area contributed by atoms with E-state index < -0.39 is 8.07 Å². The number of fused-ring (bicyclic) bond motifs is 3. The molecule has 3 heteroatoms. The maximum absolute atomic E-state index is 4.53. The fourth-order valence-electron chi connectivity index (χ4n) is 6.90. The van der Waals surface area contributed by atoms with Gasteiger partial charge >= 0.3 is 0 Å². The van der Waals surface area contributed by atoms with Crippen LogP contribution in [0.3, 0.4) is 0 Å². The van der Waals surface area contributed by atoms with Crippen LogP contribution >= 0.6 is 0 Å². The summed E-state index contributed by atoms with van der Waals surface area (Å²) in [6, 6.07) is 62.2. The minimum Gasteiger partial charge on any atom is -0.308 e. The van der Waals surface area contributed by atoms with Gasteiger partial charge in [-0.25, -0.2) is 0 Å². The van der Waals surface area contributed by atoms with Crippen molar-refractivity contribution < 1.29 is 0 Å².